The summed E-state index contributed by atoms with van der Waals surface area (Å²) >= 11 is 0. The van der Waals surface area contributed by atoms with Crippen LogP contribution in [0, 0.1) is 28.8 Å². The molecule has 5 rings (SSSR count). The molecule has 2 aromatic rings. The quantitative estimate of drug-likeness (QED) is 0.504. The summed E-state index contributed by atoms with van der Waals surface area (Å²) in [4.78, 5) is 44.6. The van der Waals surface area contributed by atoms with E-state index in [-0.39, 0.29) is 48.5 Å². The fourth-order valence-electron chi connectivity index (χ4n) is 5.88. The number of hydrogen-bond acceptors (Lipinski definition) is 4. The Bertz CT molecular complexity index is 1280. The van der Waals surface area contributed by atoms with Gasteiger partial charge in [0.2, 0.25) is 11.8 Å². The van der Waals surface area contributed by atoms with E-state index in [4.69, 9.17) is 4.74 Å². The number of hydrogen-bond donors (Lipinski definition) is 0. The molecule has 1 aliphatic carbocycles. The summed E-state index contributed by atoms with van der Waals surface area (Å²) in [6.07, 6.45) is 2.25. The number of amides is 3. The Labute approximate surface area is 231 Å². The van der Waals surface area contributed by atoms with Crippen molar-refractivity contribution >= 4 is 17.9 Å². The van der Waals surface area contributed by atoms with Crippen molar-refractivity contribution in [3.63, 3.8) is 0 Å². The molecule has 1 saturated carbocycles. The molecule has 0 spiro atoms. The van der Waals surface area contributed by atoms with Gasteiger partial charge in [-0.3, -0.25) is 9.59 Å². The number of halogens is 3. The molecule has 3 aliphatic rings. The lowest BCUT2D eigenvalue weighted by molar-refractivity contribution is -0.142. The van der Waals surface area contributed by atoms with Gasteiger partial charge < -0.3 is 19.4 Å². The number of nitrogens with zero attached hydrogens (tertiary/aromatic N) is 3. The van der Waals surface area contributed by atoms with Crippen LogP contribution in [0.5, 0.6) is 5.75 Å². The van der Waals surface area contributed by atoms with Crippen molar-refractivity contribution in [2.45, 2.75) is 51.5 Å². The lowest BCUT2D eigenvalue weighted by atomic mass is 9.93. The Kier molecular flexibility index (Phi) is 7.79. The molecule has 10 heteroatoms. The summed E-state index contributed by atoms with van der Waals surface area (Å²) in [7, 11) is 0. The van der Waals surface area contributed by atoms with Crippen LogP contribution in [-0.2, 0) is 9.59 Å². The zero-order valence-corrected chi connectivity index (χ0v) is 22.7. The maximum Gasteiger partial charge on any atom is 0.415 e. The molecule has 2 atom stereocenters. The molecular formula is C30H34F3N3O4. The van der Waals surface area contributed by atoms with E-state index in [0.29, 0.717) is 31.5 Å². The van der Waals surface area contributed by atoms with E-state index < -0.39 is 35.5 Å². The third-order valence-corrected chi connectivity index (χ3v) is 8.61. The van der Waals surface area contributed by atoms with Crippen LogP contribution in [0.3, 0.4) is 0 Å². The third kappa shape index (κ3) is 5.67. The van der Waals surface area contributed by atoms with Gasteiger partial charge in [-0.1, -0.05) is 13.0 Å². The minimum Gasteiger partial charge on any atom is -0.410 e. The molecule has 3 fully saturated rings. The first-order valence-electron chi connectivity index (χ1n) is 13.9. The summed E-state index contributed by atoms with van der Waals surface area (Å²) in [6, 6.07) is 8.15. The van der Waals surface area contributed by atoms with E-state index in [2.05, 4.69) is 0 Å². The van der Waals surface area contributed by atoms with E-state index in [0.717, 1.165) is 25.0 Å². The van der Waals surface area contributed by atoms with Gasteiger partial charge in [0.05, 0.1) is 6.04 Å². The Morgan fingerprint density at radius 3 is 2.23 bits per heavy atom. The molecule has 7 nitrogen and oxygen atoms in total. The van der Waals surface area contributed by atoms with Gasteiger partial charge >= 0.3 is 6.09 Å². The van der Waals surface area contributed by atoms with Crippen molar-refractivity contribution in [3.8, 4) is 5.75 Å². The number of piperidine rings is 1. The highest BCUT2D eigenvalue weighted by Crippen LogP contribution is 2.47. The first-order valence-corrected chi connectivity index (χ1v) is 13.9. The third-order valence-electron chi connectivity index (χ3n) is 8.61. The van der Waals surface area contributed by atoms with Gasteiger partial charge in [0.15, 0.2) is 11.6 Å². The SMILES string of the molecule is CCN(C(=O)Oc1ccc(F)cc1)C1CN(C(=O)C2CCN(C(=O)C3(C)CC3)CC2)CC1c1ccc(F)c(F)c1. The van der Waals surface area contributed by atoms with Crippen LogP contribution in [-0.4, -0.2) is 71.4 Å². The number of carbonyl (C=O) groups is 3. The summed E-state index contributed by atoms with van der Waals surface area (Å²) in [5.41, 5.74) is 0.230. The van der Waals surface area contributed by atoms with Crippen LogP contribution < -0.4 is 4.74 Å². The minimum atomic E-state index is -1.00. The Balaban J connectivity index is 1.32. The van der Waals surface area contributed by atoms with Gasteiger partial charge in [-0.15, -0.1) is 0 Å². The highest BCUT2D eigenvalue weighted by molar-refractivity contribution is 5.85. The van der Waals surface area contributed by atoms with E-state index in [1.165, 1.54) is 35.2 Å². The van der Waals surface area contributed by atoms with Crippen LogP contribution in [0.4, 0.5) is 18.0 Å². The van der Waals surface area contributed by atoms with E-state index in [1.807, 2.05) is 11.8 Å². The minimum absolute atomic E-state index is 0.0669. The molecule has 2 saturated heterocycles. The fraction of sp³-hybridized carbons (Fsp3) is 0.500. The van der Waals surface area contributed by atoms with Gasteiger partial charge in [-0.25, -0.2) is 18.0 Å². The summed E-state index contributed by atoms with van der Waals surface area (Å²) in [5, 5.41) is 0. The molecule has 0 radical (unpaired) electrons. The van der Waals surface area contributed by atoms with Crippen LogP contribution in [0.1, 0.15) is 51.0 Å². The predicted molar refractivity (Wildman–Crippen MR) is 141 cm³/mol. The highest BCUT2D eigenvalue weighted by atomic mass is 19.2. The monoisotopic (exact) mass is 557 g/mol. The molecule has 2 unspecified atom stereocenters. The number of likely N-dealkylation sites (N-methyl/N-ethyl adjacent to an activating group) is 1. The number of rotatable bonds is 6. The number of benzene rings is 2. The lowest BCUT2D eigenvalue weighted by Gasteiger charge is -2.35. The van der Waals surface area contributed by atoms with Gasteiger partial charge in [0.25, 0.3) is 0 Å². The summed E-state index contributed by atoms with van der Waals surface area (Å²) in [5.74, 6) is -2.92. The van der Waals surface area contributed by atoms with Crippen molar-refractivity contribution in [3.05, 3.63) is 65.5 Å². The average Bonchev–Trinajstić information content (AvgIpc) is 3.56. The van der Waals surface area contributed by atoms with E-state index >= 15 is 0 Å². The zero-order chi connectivity index (χ0) is 28.6. The van der Waals surface area contributed by atoms with Gasteiger partial charge in [0.1, 0.15) is 11.6 Å². The zero-order valence-electron chi connectivity index (χ0n) is 22.7. The van der Waals surface area contributed by atoms with Gasteiger partial charge in [0, 0.05) is 50.0 Å². The van der Waals surface area contributed by atoms with Crippen molar-refractivity contribution < 1.29 is 32.3 Å². The second-order valence-corrected chi connectivity index (χ2v) is 11.3. The van der Waals surface area contributed by atoms with Crippen LogP contribution in [0.15, 0.2) is 42.5 Å². The standard InChI is InChI=1S/C30H34F3N3O4/c1-3-36(29(39)40-22-7-5-21(31)6-8-22)26-18-35(17-23(26)20-4-9-24(32)25(33)16-20)27(37)19-10-14-34(15-11-19)28(38)30(2)12-13-30/h4-9,16,19,23,26H,3,10-15,17-18H2,1-2H3. The molecule has 2 aliphatic heterocycles. The first-order chi connectivity index (χ1) is 19.1. The van der Waals surface area contributed by atoms with Crippen molar-refractivity contribution in [1.82, 2.24) is 14.7 Å². The fourth-order valence-corrected chi connectivity index (χ4v) is 5.88. The van der Waals surface area contributed by atoms with Gasteiger partial charge in [-0.05, 0) is 74.6 Å². The molecule has 3 amide bonds. The number of likely N-dealkylation sites (tertiary alicyclic amines) is 2. The van der Waals surface area contributed by atoms with Crippen LogP contribution in [0.25, 0.3) is 0 Å². The maximum absolute atomic E-state index is 14.2. The molecule has 40 heavy (non-hydrogen) atoms. The largest absolute Gasteiger partial charge is 0.415 e. The number of carbonyl (C=O) groups excluding carboxylic acids is 3. The predicted octanol–water partition coefficient (Wildman–Crippen LogP) is 4.96. The summed E-state index contributed by atoms with van der Waals surface area (Å²) < 4.78 is 46.8. The lowest BCUT2D eigenvalue weighted by Crippen LogP contribution is -2.47. The molecule has 214 valence electrons. The van der Waals surface area contributed by atoms with Crippen LogP contribution in [0.2, 0.25) is 0 Å². The smallest absolute Gasteiger partial charge is 0.410 e. The summed E-state index contributed by atoms with van der Waals surface area (Å²) in [6.45, 7) is 5.48. The molecule has 0 N–H and O–H groups in total. The topological polar surface area (TPSA) is 70.2 Å². The van der Waals surface area contributed by atoms with E-state index in [9.17, 15) is 27.6 Å². The van der Waals surface area contributed by atoms with Crippen molar-refractivity contribution in [2.24, 2.45) is 11.3 Å². The molecular weight excluding hydrogens is 523 g/mol. The molecule has 2 heterocycles. The van der Waals surface area contributed by atoms with Gasteiger partial charge in [-0.2, -0.15) is 0 Å². The second-order valence-electron chi connectivity index (χ2n) is 11.3. The van der Waals surface area contributed by atoms with Crippen molar-refractivity contribution in [2.75, 3.05) is 32.7 Å². The Morgan fingerprint density at radius 2 is 1.62 bits per heavy atom. The highest BCUT2D eigenvalue weighted by Gasteiger charge is 2.48. The second kappa shape index (κ2) is 11.1. The number of ether oxygens (including phenoxy) is 1. The van der Waals surface area contributed by atoms with Crippen molar-refractivity contribution in [1.29, 1.82) is 0 Å². The maximum atomic E-state index is 14.2. The van der Waals surface area contributed by atoms with E-state index in [1.54, 1.807) is 11.8 Å². The Morgan fingerprint density at radius 1 is 0.950 bits per heavy atom. The molecule has 2 aromatic carbocycles. The average molecular weight is 558 g/mol. The van der Waals surface area contributed by atoms with Crippen LogP contribution >= 0.6 is 0 Å². The Hall–Kier alpha value is -3.56. The molecule has 0 bridgehead atoms. The normalized spacial score (nSPS) is 22.2. The molecule has 0 aromatic heterocycles. The first kappa shape index (κ1) is 28.0.